The summed E-state index contributed by atoms with van der Waals surface area (Å²) < 4.78 is 2.44. The van der Waals surface area contributed by atoms with Gasteiger partial charge in [0.25, 0.3) is 0 Å². The van der Waals surface area contributed by atoms with Crippen molar-refractivity contribution in [3.63, 3.8) is 0 Å². The molecule has 0 amide bonds. The summed E-state index contributed by atoms with van der Waals surface area (Å²) in [5.41, 5.74) is 10.6. The quantitative estimate of drug-likeness (QED) is 0.169. The monoisotopic (exact) mass is 776 g/mol. The summed E-state index contributed by atoms with van der Waals surface area (Å²) in [7, 11) is 0. The molecule has 10 aromatic carbocycles. The van der Waals surface area contributed by atoms with E-state index in [1.165, 1.54) is 37.7 Å². The minimum absolute atomic E-state index is 0.612. The molecule has 12 aromatic rings. The standard InChI is InChI=1S/C57H36N4/c1-3-16-38(17-4-1)47-25-13-14-26-48(47)50-36-46(61-53-34-43-23-11-9-21-41(43)32-51(53)52-33-42-22-10-12-24-44(42)35-54(52)61)29-30-49(50)57-59-55(39-18-5-2-6-19-39)58-56(60-57)45-28-27-37-15-7-8-20-40(37)31-45/h1-36H. The van der Waals surface area contributed by atoms with E-state index < -0.39 is 0 Å². The maximum atomic E-state index is 5.33. The molecule has 0 fully saturated rings. The van der Waals surface area contributed by atoms with Gasteiger partial charge in [-0.2, -0.15) is 0 Å². The van der Waals surface area contributed by atoms with E-state index in [1.807, 2.05) is 18.2 Å². The second-order valence-electron chi connectivity index (χ2n) is 15.6. The van der Waals surface area contributed by atoms with E-state index in [9.17, 15) is 0 Å². The molecule has 0 aliphatic heterocycles. The zero-order valence-electron chi connectivity index (χ0n) is 33.1. The minimum Gasteiger partial charge on any atom is -0.309 e. The van der Waals surface area contributed by atoms with E-state index in [0.29, 0.717) is 17.5 Å². The fourth-order valence-electron chi connectivity index (χ4n) is 9.01. The molecule has 2 aromatic heterocycles. The van der Waals surface area contributed by atoms with Gasteiger partial charge in [-0.1, -0.05) is 170 Å². The van der Waals surface area contributed by atoms with Gasteiger partial charge in [0.2, 0.25) is 0 Å². The van der Waals surface area contributed by atoms with Crippen molar-refractivity contribution >= 4 is 54.1 Å². The predicted molar refractivity (Wildman–Crippen MR) is 254 cm³/mol. The van der Waals surface area contributed by atoms with Crippen LogP contribution >= 0.6 is 0 Å². The summed E-state index contributed by atoms with van der Waals surface area (Å²) in [5, 5.41) is 9.61. The van der Waals surface area contributed by atoms with Gasteiger partial charge >= 0.3 is 0 Å². The number of fused-ring (bicyclic) bond motifs is 6. The summed E-state index contributed by atoms with van der Waals surface area (Å²) >= 11 is 0. The fraction of sp³-hybridized carbons (Fsp3) is 0. The van der Waals surface area contributed by atoms with E-state index in [2.05, 4.69) is 205 Å². The first-order valence-corrected chi connectivity index (χ1v) is 20.7. The first-order chi connectivity index (χ1) is 30.2. The Morgan fingerprint density at radius 1 is 0.262 bits per heavy atom. The zero-order valence-corrected chi connectivity index (χ0v) is 33.1. The van der Waals surface area contributed by atoms with E-state index in [0.717, 1.165) is 61.1 Å². The van der Waals surface area contributed by atoms with Crippen LogP contribution < -0.4 is 0 Å². The highest BCUT2D eigenvalue weighted by molar-refractivity contribution is 6.17. The topological polar surface area (TPSA) is 43.6 Å². The van der Waals surface area contributed by atoms with Crippen LogP contribution in [0.15, 0.2) is 218 Å². The van der Waals surface area contributed by atoms with Crippen molar-refractivity contribution in [2.45, 2.75) is 0 Å². The Morgan fingerprint density at radius 3 is 1.36 bits per heavy atom. The largest absolute Gasteiger partial charge is 0.309 e. The SMILES string of the molecule is c1ccc(-c2nc(-c3ccc4ccccc4c3)nc(-c3ccc(-n4c5cc6ccccc6cc5c5cc6ccccc6cc54)cc3-c3ccccc3-c3ccccc3)n2)cc1. The van der Waals surface area contributed by atoms with Crippen LogP contribution in [-0.4, -0.2) is 19.5 Å². The summed E-state index contributed by atoms with van der Waals surface area (Å²) in [6.45, 7) is 0. The van der Waals surface area contributed by atoms with Crippen LogP contribution in [0.3, 0.4) is 0 Å². The number of hydrogen-bond donors (Lipinski definition) is 0. The normalized spacial score (nSPS) is 11.6. The lowest BCUT2D eigenvalue weighted by Gasteiger charge is -2.18. The van der Waals surface area contributed by atoms with Crippen LogP contribution in [0.25, 0.3) is 116 Å². The molecule has 0 saturated heterocycles. The van der Waals surface area contributed by atoms with E-state index in [1.54, 1.807) is 0 Å². The Kier molecular flexibility index (Phi) is 8.13. The molecule has 0 unspecified atom stereocenters. The summed E-state index contributed by atoms with van der Waals surface area (Å²) in [4.78, 5) is 15.7. The number of hydrogen-bond acceptors (Lipinski definition) is 3. The molecule has 61 heavy (non-hydrogen) atoms. The lowest BCUT2D eigenvalue weighted by atomic mass is 9.91. The van der Waals surface area contributed by atoms with Gasteiger partial charge < -0.3 is 4.57 Å². The third-order valence-electron chi connectivity index (χ3n) is 12.0. The number of nitrogens with zero attached hydrogens (tertiary/aromatic N) is 4. The van der Waals surface area contributed by atoms with Crippen molar-refractivity contribution in [3.05, 3.63) is 218 Å². The van der Waals surface area contributed by atoms with E-state index in [-0.39, 0.29) is 0 Å². The fourth-order valence-corrected chi connectivity index (χ4v) is 9.01. The first kappa shape index (κ1) is 34.8. The molecule has 0 aliphatic rings. The molecule has 0 radical (unpaired) electrons. The minimum atomic E-state index is 0.612. The maximum absolute atomic E-state index is 5.33. The predicted octanol–water partition coefficient (Wildman–Crippen LogP) is 14.8. The Labute approximate surface area is 352 Å². The molecule has 2 heterocycles. The van der Waals surface area contributed by atoms with Crippen LogP contribution in [0.2, 0.25) is 0 Å². The molecule has 0 bridgehead atoms. The van der Waals surface area contributed by atoms with Crippen molar-refractivity contribution in [2.75, 3.05) is 0 Å². The Balaban J connectivity index is 1.16. The molecule has 284 valence electrons. The molecule has 0 aliphatic carbocycles. The molecule has 4 nitrogen and oxygen atoms in total. The van der Waals surface area contributed by atoms with Gasteiger partial charge in [-0.3, -0.25) is 0 Å². The summed E-state index contributed by atoms with van der Waals surface area (Å²) in [5.74, 6) is 1.86. The second-order valence-corrected chi connectivity index (χ2v) is 15.6. The Bertz CT molecular complexity index is 3550. The Morgan fingerprint density at radius 2 is 0.738 bits per heavy atom. The van der Waals surface area contributed by atoms with E-state index >= 15 is 0 Å². The highest BCUT2D eigenvalue weighted by Gasteiger charge is 2.21. The van der Waals surface area contributed by atoms with Gasteiger partial charge in [0.05, 0.1) is 11.0 Å². The summed E-state index contributed by atoms with van der Waals surface area (Å²) in [6, 6.07) is 77.8. The van der Waals surface area contributed by atoms with Gasteiger partial charge in [-0.05, 0) is 103 Å². The molecule has 12 rings (SSSR count). The van der Waals surface area contributed by atoms with E-state index in [4.69, 9.17) is 15.0 Å². The van der Waals surface area contributed by atoms with Crippen molar-refractivity contribution < 1.29 is 0 Å². The van der Waals surface area contributed by atoms with Gasteiger partial charge in [0.15, 0.2) is 17.5 Å². The number of rotatable bonds is 6. The number of benzene rings is 10. The van der Waals surface area contributed by atoms with Crippen LogP contribution in [-0.2, 0) is 0 Å². The van der Waals surface area contributed by atoms with Crippen molar-refractivity contribution in [1.82, 2.24) is 19.5 Å². The maximum Gasteiger partial charge on any atom is 0.164 e. The average molecular weight is 777 g/mol. The smallest absolute Gasteiger partial charge is 0.164 e. The van der Waals surface area contributed by atoms with Crippen LogP contribution in [0.5, 0.6) is 0 Å². The van der Waals surface area contributed by atoms with Crippen LogP contribution in [0.4, 0.5) is 0 Å². The van der Waals surface area contributed by atoms with Gasteiger partial charge in [0, 0.05) is 33.2 Å². The lowest BCUT2D eigenvalue weighted by molar-refractivity contribution is 1.07. The highest BCUT2D eigenvalue weighted by Crippen LogP contribution is 2.42. The molecule has 0 saturated carbocycles. The molecule has 4 heteroatoms. The van der Waals surface area contributed by atoms with Crippen LogP contribution in [0, 0.1) is 0 Å². The van der Waals surface area contributed by atoms with Crippen LogP contribution in [0.1, 0.15) is 0 Å². The third-order valence-corrected chi connectivity index (χ3v) is 12.0. The average Bonchev–Trinajstić information content (AvgIpc) is 3.64. The second kappa shape index (κ2) is 14.3. The van der Waals surface area contributed by atoms with Crippen molar-refractivity contribution in [2.24, 2.45) is 0 Å². The molecule has 0 atom stereocenters. The zero-order chi connectivity index (χ0) is 40.3. The highest BCUT2D eigenvalue weighted by atomic mass is 15.0. The Hall–Kier alpha value is -8.21. The van der Waals surface area contributed by atoms with Crippen molar-refractivity contribution in [1.29, 1.82) is 0 Å². The number of aromatic nitrogens is 4. The van der Waals surface area contributed by atoms with Gasteiger partial charge in [0.1, 0.15) is 0 Å². The van der Waals surface area contributed by atoms with Gasteiger partial charge in [-0.25, -0.2) is 15.0 Å². The molecule has 0 spiro atoms. The van der Waals surface area contributed by atoms with Gasteiger partial charge in [-0.15, -0.1) is 0 Å². The first-order valence-electron chi connectivity index (χ1n) is 20.7. The third kappa shape index (κ3) is 6.04. The van der Waals surface area contributed by atoms with Crippen molar-refractivity contribution in [3.8, 4) is 62.1 Å². The summed E-state index contributed by atoms with van der Waals surface area (Å²) in [6.07, 6.45) is 0. The molecular formula is C57H36N4. The molecule has 0 N–H and O–H groups in total. The molecular weight excluding hydrogens is 741 g/mol. The lowest BCUT2D eigenvalue weighted by Crippen LogP contribution is -2.02.